The van der Waals surface area contributed by atoms with Crippen molar-refractivity contribution < 1.29 is 19.0 Å². The molecule has 3 aromatic rings. The van der Waals surface area contributed by atoms with Crippen molar-refractivity contribution in [2.45, 2.75) is 50.4 Å². The number of hydrogen-bond donors (Lipinski definition) is 2. The van der Waals surface area contributed by atoms with Crippen LogP contribution in [0.3, 0.4) is 0 Å². The van der Waals surface area contributed by atoms with Gasteiger partial charge in [0.25, 0.3) is 0 Å². The summed E-state index contributed by atoms with van der Waals surface area (Å²) < 4.78 is 19.2. The largest absolute Gasteiger partial charge is 0.489 e. The number of benzene rings is 2. The van der Waals surface area contributed by atoms with Crippen molar-refractivity contribution in [2.24, 2.45) is 5.92 Å². The van der Waals surface area contributed by atoms with Crippen LogP contribution in [0.1, 0.15) is 43.8 Å². The number of halogens is 2. The molecular formula is C32H36ClFN4O3. The summed E-state index contributed by atoms with van der Waals surface area (Å²) in [5.74, 6) is 0.851. The van der Waals surface area contributed by atoms with Crippen LogP contribution in [-0.2, 0) is 4.79 Å². The number of anilines is 1. The second-order valence-corrected chi connectivity index (χ2v) is 11.8. The molecule has 0 bridgehead atoms. The molecule has 2 N–H and O–H groups in total. The molecule has 3 fully saturated rings. The molecule has 3 atom stereocenters. The Bertz CT molecular complexity index is 1360. The van der Waals surface area contributed by atoms with E-state index in [9.17, 15) is 14.3 Å². The lowest BCUT2D eigenvalue weighted by molar-refractivity contribution is -0.126. The Hall–Kier alpha value is -3.20. The first kappa shape index (κ1) is 27.9. The maximum absolute atomic E-state index is 13.5. The second-order valence-electron chi connectivity index (χ2n) is 11.4. The van der Waals surface area contributed by atoms with Crippen LogP contribution in [0, 0.1) is 11.7 Å². The van der Waals surface area contributed by atoms with Crippen LogP contribution in [0.5, 0.6) is 5.75 Å². The molecule has 3 unspecified atom stereocenters. The third kappa shape index (κ3) is 6.83. The van der Waals surface area contributed by atoms with Gasteiger partial charge in [0.1, 0.15) is 23.5 Å². The molecule has 0 spiro atoms. The number of carbonyl (C=O) groups excluding carboxylic acids is 1. The highest BCUT2D eigenvalue weighted by atomic mass is 35.5. The van der Waals surface area contributed by atoms with E-state index in [1.807, 2.05) is 30.3 Å². The van der Waals surface area contributed by atoms with E-state index in [1.165, 1.54) is 12.1 Å². The van der Waals surface area contributed by atoms with Gasteiger partial charge in [-0.25, -0.2) is 9.37 Å². The lowest BCUT2D eigenvalue weighted by Gasteiger charge is -2.30. The van der Waals surface area contributed by atoms with E-state index in [1.54, 1.807) is 18.2 Å². The van der Waals surface area contributed by atoms with E-state index >= 15 is 0 Å². The highest BCUT2D eigenvalue weighted by Gasteiger charge is 2.33. The Morgan fingerprint density at radius 2 is 1.85 bits per heavy atom. The maximum atomic E-state index is 13.5. The van der Waals surface area contributed by atoms with Gasteiger partial charge in [-0.1, -0.05) is 23.7 Å². The minimum Gasteiger partial charge on any atom is -0.489 e. The summed E-state index contributed by atoms with van der Waals surface area (Å²) >= 11 is 6.50. The van der Waals surface area contributed by atoms with Crippen molar-refractivity contribution in [2.75, 3.05) is 37.6 Å². The number of rotatable bonds is 10. The fourth-order valence-electron chi connectivity index (χ4n) is 5.73. The number of ether oxygens (including phenoxy) is 1. The van der Waals surface area contributed by atoms with Crippen molar-refractivity contribution in [1.29, 1.82) is 0 Å². The predicted octanol–water partition coefficient (Wildman–Crippen LogP) is 5.22. The molecule has 1 aromatic heterocycles. The van der Waals surface area contributed by atoms with E-state index in [-0.39, 0.29) is 23.7 Å². The number of nitrogens with zero attached hydrogens (tertiary/aromatic N) is 3. The lowest BCUT2D eigenvalue weighted by Crippen LogP contribution is -2.48. The molecule has 0 radical (unpaired) electrons. The number of amides is 1. The molecule has 41 heavy (non-hydrogen) atoms. The first-order valence-electron chi connectivity index (χ1n) is 14.6. The Kier molecular flexibility index (Phi) is 8.42. The third-order valence-electron chi connectivity index (χ3n) is 8.24. The summed E-state index contributed by atoms with van der Waals surface area (Å²) in [6.45, 7) is 3.73. The van der Waals surface area contributed by atoms with Crippen LogP contribution in [0.15, 0.2) is 60.7 Å². The molecule has 2 saturated heterocycles. The molecule has 1 aliphatic carbocycles. The average molecular weight is 579 g/mol. The second kappa shape index (κ2) is 12.3. The van der Waals surface area contributed by atoms with Gasteiger partial charge >= 0.3 is 0 Å². The smallest absolute Gasteiger partial charge is 0.225 e. The number of pyridine rings is 1. The Morgan fingerprint density at radius 1 is 1.07 bits per heavy atom. The maximum Gasteiger partial charge on any atom is 0.225 e. The highest BCUT2D eigenvalue weighted by molar-refractivity contribution is 6.32. The average Bonchev–Trinajstić information content (AvgIpc) is 3.42. The van der Waals surface area contributed by atoms with E-state index in [4.69, 9.17) is 21.3 Å². The van der Waals surface area contributed by atoms with Gasteiger partial charge in [0, 0.05) is 25.2 Å². The van der Waals surface area contributed by atoms with Crippen LogP contribution in [-0.4, -0.2) is 65.8 Å². The predicted molar refractivity (Wildman–Crippen MR) is 158 cm³/mol. The summed E-state index contributed by atoms with van der Waals surface area (Å²) in [4.78, 5) is 22.7. The molecule has 7 nitrogen and oxygen atoms in total. The summed E-state index contributed by atoms with van der Waals surface area (Å²) in [6, 6.07) is 17.0. The van der Waals surface area contributed by atoms with Crippen LogP contribution in [0.2, 0.25) is 5.02 Å². The van der Waals surface area contributed by atoms with Crippen molar-refractivity contribution >= 4 is 23.3 Å². The number of aliphatic hydroxyl groups is 1. The lowest BCUT2D eigenvalue weighted by atomic mass is 10.00. The zero-order valence-electron chi connectivity index (χ0n) is 23.0. The number of nitrogens with one attached hydrogen (secondary N) is 1. The number of hydrogen-bond acceptors (Lipinski definition) is 6. The summed E-state index contributed by atoms with van der Waals surface area (Å²) in [7, 11) is 0. The molecule has 1 saturated carbocycles. The van der Waals surface area contributed by atoms with Crippen molar-refractivity contribution in [3.63, 3.8) is 0 Å². The Balaban J connectivity index is 1.13. The Morgan fingerprint density at radius 3 is 2.59 bits per heavy atom. The zero-order chi connectivity index (χ0) is 28.3. The molecule has 9 heteroatoms. The fraction of sp³-hybridized carbons (Fsp3) is 0.438. The van der Waals surface area contributed by atoms with Gasteiger partial charge in [0.05, 0.1) is 28.8 Å². The molecule has 1 amide bonds. The highest BCUT2D eigenvalue weighted by Crippen LogP contribution is 2.34. The van der Waals surface area contributed by atoms with Gasteiger partial charge in [0.2, 0.25) is 5.91 Å². The van der Waals surface area contributed by atoms with E-state index < -0.39 is 12.1 Å². The van der Waals surface area contributed by atoms with Crippen molar-refractivity contribution in [1.82, 2.24) is 15.2 Å². The first-order valence-corrected chi connectivity index (χ1v) is 15.0. The molecule has 2 aliphatic heterocycles. The number of carbonyl (C=O) groups is 1. The van der Waals surface area contributed by atoms with Crippen LogP contribution in [0.4, 0.5) is 10.2 Å². The van der Waals surface area contributed by atoms with Gasteiger partial charge < -0.3 is 25.0 Å². The van der Waals surface area contributed by atoms with Crippen LogP contribution < -0.4 is 15.0 Å². The summed E-state index contributed by atoms with van der Waals surface area (Å²) in [5.41, 5.74) is 2.27. The number of aromatic nitrogens is 1. The van der Waals surface area contributed by atoms with Gasteiger partial charge in [-0.2, -0.15) is 0 Å². The Labute approximate surface area is 245 Å². The van der Waals surface area contributed by atoms with Crippen molar-refractivity contribution in [3.05, 3.63) is 77.1 Å². The van der Waals surface area contributed by atoms with Gasteiger partial charge in [-0.15, -0.1) is 0 Å². The monoisotopic (exact) mass is 578 g/mol. The SMILES string of the molecule is O=C(NC(CN1CCCC1)C(O)c1ccc(OC2CC2)c(Cl)c1)C1CCN(c2cccc(-c3ccc(F)cc3)n2)C1. The van der Waals surface area contributed by atoms with Crippen molar-refractivity contribution in [3.8, 4) is 17.0 Å². The van der Waals surface area contributed by atoms with Crippen LogP contribution in [0.25, 0.3) is 11.3 Å². The minimum absolute atomic E-state index is 0.0646. The fourth-order valence-corrected chi connectivity index (χ4v) is 5.96. The van der Waals surface area contributed by atoms with Crippen LogP contribution >= 0.6 is 11.6 Å². The summed E-state index contributed by atoms with van der Waals surface area (Å²) in [5, 5.41) is 15.1. The molecule has 216 valence electrons. The molecule has 3 aliphatic rings. The number of aliphatic hydroxyl groups excluding tert-OH is 1. The van der Waals surface area contributed by atoms with Gasteiger partial charge in [-0.05, 0) is 99.3 Å². The topological polar surface area (TPSA) is 77.9 Å². The normalized spacial score (nSPS) is 20.7. The van der Waals surface area contributed by atoms with Gasteiger partial charge in [-0.3, -0.25) is 4.79 Å². The molecule has 6 rings (SSSR count). The standard InChI is InChI=1S/C32H36ClFN4O3/c33-26-18-22(8-13-29(26)41-25-11-12-25)31(39)28(20-37-15-1-2-16-37)36-32(40)23-14-17-38(19-23)30-5-3-4-27(35-30)21-6-9-24(34)10-7-21/h3-10,13,18,23,25,28,31,39H,1-2,11-12,14-17,19-20H2,(H,36,40). The third-order valence-corrected chi connectivity index (χ3v) is 8.53. The van der Waals surface area contributed by atoms with E-state index in [2.05, 4.69) is 15.1 Å². The number of likely N-dealkylation sites (tertiary alicyclic amines) is 1. The quantitative estimate of drug-likeness (QED) is 0.343. The van der Waals surface area contributed by atoms with Gasteiger partial charge in [0.15, 0.2) is 0 Å². The first-order chi connectivity index (χ1) is 19.9. The molecule has 2 aromatic carbocycles. The zero-order valence-corrected chi connectivity index (χ0v) is 23.8. The minimum atomic E-state index is -0.904. The van der Waals surface area contributed by atoms with E-state index in [0.717, 1.165) is 55.8 Å². The molecular weight excluding hydrogens is 543 g/mol. The van der Waals surface area contributed by atoms with E-state index in [0.29, 0.717) is 42.4 Å². The summed E-state index contributed by atoms with van der Waals surface area (Å²) in [6.07, 6.45) is 4.35. The molecule has 3 heterocycles.